The van der Waals surface area contributed by atoms with Crippen molar-refractivity contribution in [1.82, 2.24) is 10.2 Å². The number of fused-ring (bicyclic) bond motifs is 1. The number of nitrogens with zero attached hydrogens (tertiary/aromatic N) is 1. The van der Waals surface area contributed by atoms with Crippen LogP contribution in [0.15, 0.2) is 48.5 Å². The minimum atomic E-state index is -0.458. The summed E-state index contributed by atoms with van der Waals surface area (Å²) in [7, 11) is 0. The van der Waals surface area contributed by atoms with Gasteiger partial charge in [0, 0.05) is 17.5 Å². The third-order valence-electron chi connectivity index (χ3n) is 4.48. The predicted molar refractivity (Wildman–Crippen MR) is 98.9 cm³/mol. The highest BCUT2D eigenvalue weighted by atomic mass is 19.1. The Morgan fingerprint density at radius 1 is 1.26 bits per heavy atom. The number of aliphatic hydroxyl groups excluding tert-OH is 1. The van der Waals surface area contributed by atoms with Crippen LogP contribution in [0, 0.1) is 5.82 Å². The zero-order chi connectivity index (χ0) is 18.8. The van der Waals surface area contributed by atoms with Crippen LogP contribution >= 0.6 is 0 Å². The quantitative estimate of drug-likeness (QED) is 0.536. The molecule has 0 saturated heterocycles. The van der Waals surface area contributed by atoms with Gasteiger partial charge in [0.2, 0.25) is 0 Å². The van der Waals surface area contributed by atoms with Gasteiger partial charge in [0.25, 0.3) is 0 Å². The number of benzene rings is 2. The fourth-order valence-corrected chi connectivity index (χ4v) is 3.03. The van der Waals surface area contributed by atoms with Gasteiger partial charge < -0.3 is 9.84 Å². The monoisotopic (exact) mass is 364 g/mol. The molecular formula is C21H17FN2O3. The largest absolute Gasteiger partial charge is 0.493 e. The molecule has 27 heavy (non-hydrogen) atoms. The molecule has 0 atom stereocenters. The third kappa shape index (κ3) is 3.52. The maximum Gasteiger partial charge on any atom is 0.185 e. The number of rotatable bonds is 5. The molecule has 5 nitrogen and oxygen atoms in total. The Hall–Kier alpha value is -3.25. The van der Waals surface area contributed by atoms with Crippen molar-refractivity contribution < 1.29 is 19.0 Å². The summed E-state index contributed by atoms with van der Waals surface area (Å²) in [5, 5.41) is 15.9. The van der Waals surface area contributed by atoms with E-state index in [1.807, 2.05) is 12.1 Å². The normalized spacial score (nSPS) is 13.0. The molecule has 2 N–H and O–H groups in total. The van der Waals surface area contributed by atoms with E-state index in [2.05, 4.69) is 10.2 Å². The van der Waals surface area contributed by atoms with Crippen molar-refractivity contribution in [2.24, 2.45) is 0 Å². The van der Waals surface area contributed by atoms with E-state index in [0.29, 0.717) is 34.7 Å². The van der Waals surface area contributed by atoms with Gasteiger partial charge in [-0.2, -0.15) is 5.10 Å². The molecule has 0 fully saturated rings. The van der Waals surface area contributed by atoms with Crippen LogP contribution in [-0.2, 0) is 13.0 Å². The average Bonchev–Trinajstić information content (AvgIpc) is 3.34. The fraction of sp³-hybridized carbons (Fsp3) is 0.143. The average molecular weight is 364 g/mol. The highest BCUT2D eigenvalue weighted by Crippen LogP contribution is 2.26. The van der Waals surface area contributed by atoms with Gasteiger partial charge in [0.05, 0.1) is 24.6 Å². The molecule has 2 aromatic carbocycles. The minimum absolute atomic E-state index is 0.126. The summed E-state index contributed by atoms with van der Waals surface area (Å²) in [6, 6.07) is 11.6. The van der Waals surface area contributed by atoms with Gasteiger partial charge in [-0.05, 0) is 59.7 Å². The number of allylic oxidation sites excluding steroid dienone is 1. The van der Waals surface area contributed by atoms with Crippen LogP contribution in [0.1, 0.15) is 27.2 Å². The lowest BCUT2D eigenvalue weighted by Crippen LogP contribution is -1.95. The lowest BCUT2D eigenvalue weighted by atomic mass is 10.0. The number of aliphatic hydroxyl groups is 1. The first-order chi connectivity index (χ1) is 13.1. The summed E-state index contributed by atoms with van der Waals surface area (Å²) >= 11 is 0. The first kappa shape index (κ1) is 17.2. The number of aromatic amines is 1. The summed E-state index contributed by atoms with van der Waals surface area (Å²) < 4.78 is 19.6. The molecule has 0 spiro atoms. The molecule has 0 amide bonds. The molecule has 0 radical (unpaired) electrons. The molecule has 1 aliphatic rings. The minimum Gasteiger partial charge on any atom is -0.493 e. The van der Waals surface area contributed by atoms with Crippen molar-refractivity contribution in [2.75, 3.05) is 6.61 Å². The van der Waals surface area contributed by atoms with Gasteiger partial charge in [0.15, 0.2) is 5.78 Å². The van der Waals surface area contributed by atoms with Gasteiger partial charge in [-0.1, -0.05) is 6.07 Å². The zero-order valence-electron chi connectivity index (χ0n) is 14.4. The third-order valence-corrected chi connectivity index (χ3v) is 4.48. The number of hydrogen-bond donors (Lipinski definition) is 2. The van der Waals surface area contributed by atoms with E-state index in [9.17, 15) is 9.18 Å². The zero-order valence-corrected chi connectivity index (χ0v) is 14.4. The molecule has 0 saturated carbocycles. The second kappa shape index (κ2) is 7.17. The second-order valence-electron chi connectivity index (χ2n) is 6.30. The van der Waals surface area contributed by atoms with E-state index in [1.54, 1.807) is 30.3 Å². The molecule has 1 aliphatic heterocycles. The first-order valence-electron chi connectivity index (χ1n) is 8.57. The van der Waals surface area contributed by atoms with Crippen molar-refractivity contribution >= 4 is 11.9 Å². The Balaban J connectivity index is 1.51. The van der Waals surface area contributed by atoms with Gasteiger partial charge in [-0.3, -0.25) is 9.89 Å². The van der Waals surface area contributed by atoms with Crippen LogP contribution in [0.25, 0.3) is 17.3 Å². The molecule has 1 aromatic heterocycles. The number of hydrogen-bond acceptors (Lipinski definition) is 4. The lowest BCUT2D eigenvalue weighted by Gasteiger charge is -2.01. The number of H-pyrrole nitrogens is 1. The summed E-state index contributed by atoms with van der Waals surface area (Å²) in [6.07, 6.45) is 3.88. The van der Waals surface area contributed by atoms with Crippen LogP contribution in [-0.4, -0.2) is 27.7 Å². The van der Waals surface area contributed by atoms with Crippen LogP contribution in [0.2, 0.25) is 0 Å². The van der Waals surface area contributed by atoms with Gasteiger partial charge >= 0.3 is 0 Å². The number of ether oxygens (including phenoxy) is 1. The van der Waals surface area contributed by atoms with Crippen LogP contribution in [0.3, 0.4) is 0 Å². The molecule has 2 heterocycles. The van der Waals surface area contributed by atoms with Gasteiger partial charge in [0.1, 0.15) is 11.6 Å². The maximum atomic E-state index is 14.1. The molecule has 4 rings (SSSR count). The van der Waals surface area contributed by atoms with E-state index in [4.69, 9.17) is 9.84 Å². The number of carbonyl (C=O) groups excluding carboxylic acids is 1. The summed E-state index contributed by atoms with van der Waals surface area (Å²) in [5.41, 5.74) is 3.48. The Bertz CT molecular complexity index is 1040. The maximum absolute atomic E-state index is 14.1. The number of nitrogens with one attached hydrogen (secondary N) is 1. The smallest absolute Gasteiger partial charge is 0.185 e. The van der Waals surface area contributed by atoms with Gasteiger partial charge in [-0.25, -0.2) is 4.39 Å². The van der Waals surface area contributed by atoms with E-state index < -0.39 is 5.82 Å². The predicted octanol–water partition coefficient (Wildman–Crippen LogP) is 3.54. The molecule has 3 aromatic rings. The van der Waals surface area contributed by atoms with E-state index in [0.717, 1.165) is 17.7 Å². The summed E-state index contributed by atoms with van der Waals surface area (Å²) in [5.74, 6) is 0.252. The Kier molecular flexibility index (Phi) is 4.56. The molecule has 0 unspecified atom stereocenters. The summed E-state index contributed by atoms with van der Waals surface area (Å²) in [4.78, 5) is 12.4. The topological polar surface area (TPSA) is 75.2 Å². The molecule has 6 heteroatoms. The van der Waals surface area contributed by atoms with Crippen molar-refractivity contribution in [2.45, 2.75) is 13.0 Å². The van der Waals surface area contributed by atoms with Gasteiger partial charge in [-0.15, -0.1) is 0 Å². The molecule has 136 valence electrons. The van der Waals surface area contributed by atoms with Crippen LogP contribution in [0.5, 0.6) is 5.75 Å². The SMILES string of the molecule is O=C(/C=C/c1cc(-c2ccc(CO)cc2F)n[nH]1)c1ccc2c(c1)CCO2. The van der Waals surface area contributed by atoms with E-state index in [-0.39, 0.29) is 12.4 Å². The fourth-order valence-electron chi connectivity index (χ4n) is 3.03. The number of halogens is 1. The highest BCUT2D eigenvalue weighted by molar-refractivity contribution is 6.07. The lowest BCUT2D eigenvalue weighted by molar-refractivity contribution is 0.104. The molecular weight excluding hydrogens is 347 g/mol. The number of aromatic nitrogens is 2. The van der Waals surface area contributed by atoms with Crippen molar-refractivity contribution in [3.63, 3.8) is 0 Å². The van der Waals surface area contributed by atoms with Crippen molar-refractivity contribution in [3.05, 3.63) is 76.7 Å². The first-order valence-corrected chi connectivity index (χ1v) is 8.57. The summed E-state index contributed by atoms with van der Waals surface area (Å²) in [6.45, 7) is 0.429. The molecule has 0 aliphatic carbocycles. The Labute approximate surface area is 155 Å². The molecule has 0 bridgehead atoms. The van der Waals surface area contributed by atoms with Crippen molar-refractivity contribution in [1.29, 1.82) is 0 Å². The van der Waals surface area contributed by atoms with E-state index >= 15 is 0 Å². The van der Waals surface area contributed by atoms with E-state index in [1.165, 1.54) is 12.1 Å². The Morgan fingerprint density at radius 2 is 2.15 bits per heavy atom. The van der Waals surface area contributed by atoms with Crippen molar-refractivity contribution in [3.8, 4) is 17.0 Å². The number of ketones is 1. The van der Waals surface area contributed by atoms with Crippen LogP contribution in [0.4, 0.5) is 4.39 Å². The highest BCUT2D eigenvalue weighted by Gasteiger charge is 2.14. The van der Waals surface area contributed by atoms with Crippen LogP contribution < -0.4 is 4.74 Å². The standard InChI is InChI=1S/C21H17FN2O3/c22-18-9-13(12-25)1-4-17(18)19-11-16(23-24-19)3-5-20(26)14-2-6-21-15(10-14)7-8-27-21/h1-6,9-11,25H,7-8,12H2,(H,23,24)/b5-3+. The number of carbonyl (C=O) groups is 1. The Morgan fingerprint density at radius 3 is 2.96 bits per heavy atom. The second-order valence-corrected chi connectivity index (χ2v) is 6.30.